The summed E-state index contributed by atoms with van der Waals surface area (Å²) < 4.78 is 0. The van der Waals surface area contributed by atoms with Crippen LogP contribution in [-0.4, -0.2) is 42.4 Å². The lowest BCUT2D eigenvalue weighted by molar-refractivity contribution is -0.140. The molecule has 5 heteroatoms. The Balaban J connectivity index is 2.02. The van der Waals surface area contributed by atoms with E-state index in [0.717, 1.165) is 25.7 Å². The standard InChI is InChI=1S/C13H23N3O2/c1-9-4-2-5-10(12(9)14)13(18)16-7-3-6-15-11(17)8-16/h9-10,12H,2-8,14H2,1H3,(H,15,17). The molecule has 1 aliphatic carbocycles. The van der Waals surface area contributed by atoms with Crippen LogP contribution >= 0.6 is 0 Å². The molecule has 1 heterocycles. The molecule has 0 spiro atoms. The van der Waals surface area contributed by atoms with Gasteiger partial charge < -0.3 is 16.0 Å². The Hall–Kier alpha value is -1.10. The molecule has 2 fully saturated rings. The van der Waals surface area contributed by atoms with Crippen LogP contribution < -0.4 is 11.1 Å². The van der Waals surface area contributed by atoms with Crippen molar-refractivity contribution in [3.05, 3.63) is 0 Å². The van der Waals surface area contributed by atoms with Crippen molar-refractivity contribution in [2.75, 3.05) is 19.6 Å². The Bertz CT molecular complexity index is 332. The van der Waals surface area contributed by atoms with Crippen LogP contribution in [0, 0.1) is 11.8 Å². The molecule has 2 amide bonds. The van der Waals surface area contributed by atoms with E-state index in [4.69, 9.17) is 5.73 Å². The third kappa shape index (κ3) is 2.83. The molecular weight excluding hydrogens is 230 g/mol. The molecule has 2 aliphatic rings. The van der Waals surface area contributed by atoms with Crippen LogP contribution in [0.2, 0.25) is 0 Å². The summed E-state index contributed by atoms with van der Waals surface area (Å²) >= 11 is 0. The average Bonchev–Trinajstić information content (AvgIpc) is 2.56. The van der Waals surface area contributed by atoms with Gasteiger partial charge in [-0.05, 0) is 25.2 Å². The molecule has 1 saturated carbocycles. The van der Waals surface area contributed by atoms with Crippen LogP contribution in [0.25, 0.3) is 0 Å². The zero-order chi connectivity index (χ0) is 13.1. The van der Waals surface area contributed by atoms with E-state index >= 15 is 0 Å². The summed E-state index contributed by atoms with van der Waals surface area (Å²) in [6.45, 7) is 3.63. The van der Waals surface area contributed by atoms with Gasteiger partial charge >= 0.3 is 0 Å². The van der Waals surface area contributed by atoms with E-state index in [2.05, 4.69) is 12.2 Å². The Kier molecular flexibility index (Phi) is 4.22. The van der Waals surface area contributed by atoms with E-state index in [1.54, 1.807) is 4.90 Å². The van der Waals surface area contributed by atoms with Crippen molar-refractivity contribution in [3.8, 4) is 0 Å². The fraction of sp³-hybridized carbons (Fsp3) is 0.846. The molecule has 5 nitrogen and oxygen atoms in total. The molecule has 0 aromatic rings. The number of carbonyl (C=O) groups is 2. The highest BCUT2D eigenvalue weighted by atomic mass is 16.2. The van der Waals surface area contributed by atoms with Crippen LogP contribution in [0.3, 0.4) is 0 Å². The fourth-order valence-corrected chi connectivity index (χ4v) is 2.96. The van der Waals surface area contributed by atoms with E-state index in [1.165, 1.54) is 0 Å². The van der Waals surface area contributed by atoms with Gasteiger partial charge in [-0.15, -0.1) is 0 Å². The van der Waals surface area contributed by atoms with E-state index in [1.807, 2.05) is 0 Å². The van der Waals surface area contributed by atoms with Crippen LogP contribution in [0.5, 0.6) is 0 Å². The molecule has 2 rings (SSSR count). The van der Waals surface area contributed by atoms with Gasteiger partial charge in [0.2, 0.25) is 11.8 Å². The second kappa shape index (κ2) is 5.69. The van der Waals surface area contributed by atoms with Gasteiger partial charge in [-0.2, -0.15) is 0 Å². The van der Waals surface area contributed by atoms with Crippen molar-refractivity contribution in [1.82, 2.24) is 10.2 Å². The quantitative estimate of drug-likeness (QED) is 0.696. The first-order valence-electron chi connectivity index (χ1n) is 6.90. The van der Waals surface area contributed by atoms with Gasteiger partial charge in [0.15, 0.2) is 0 Å². The normalized spacial score (nSPS) is 33.8. The molecule has 0 radical (unpaired) electrons. The Labute approximate surface area is 108 Å². The molecule has 0 bridgehead atoms. The SMILES string of the molecule is CC1CCCC(C(=O)N2CCCNC(=O)C2)C1N. The Morgan fingerprint density at radius 2 is 2.17 bits per heavy atom. The number of nitrogens with zero attached hydrogens (tertiary/aromatic N) is 1. The maximum Gasteiger partial charge on any atom is 0.239 e. The minimum atomic E-state index is -0.0975. The average molecular weight is 253 g/mol. The zero-order valence-corrected chi connectivity index (χ0v) is 11.0. The van der Waals surface area contributed by atoms with Crippen LogP contribution in [0.4, 0.5) is 0 Å². The number of nitrogens with two attached hydrogens (primary N) is 1. The molecule has 1 saturated heterocycles. The topological polar surface area (TPSA) is 75.4 Å². The number of rotatable bonds is 1. The molecule has 3 atom stereocenters. The summed E-state index contributed by atoms with van der Waals surface area (Å²) in [4.78, 5) is 25.6. The maximum absolute atomic E-state index is 12.5. The molecule has 18 heavy (non-hydrogen) atoms. The molecule has 0 aromatic heterocycles. The first kappa shape index (κ1) is 13.3. The highest BCUT2D eigenvalue weighted by Crippen LogP contribution is 2.29. The van der Waals surface area contributed by atoms with Gasteiger partial charge in [-0.25, -0.2) is 0 Å². The van der Waals surface area contributed by atoms with Gasteiger partial charge in [-0.3, -0.25) is 9.59 Å². The number of nitrogens with one attached hydrogen (secondary N) is 1. The fourth-order valence-electron chi connectivity index (χ4n) is 2.96. The van der Waals surface area contributed by atoms with Crippen molar-refractivity contribution in [2.24, 2.45) is 17.6 Å². The monoisotopic (exact) mass is 253 g/mol. The van der Waals surface area contributed by atoms with E-state index in [-0.39, 0.29) is 30.3 Å². The lowest BCUT2D eigenvalue weighted by atomic mass is 9.77. The molecule has 3 unspecified atom stereocenters. The summed E-state index contributed by atoms with van der Waals surface area (Å²) in [7, 11) is 0. The van der Waals surface area contributed by atoms with Gasteiger partial charge in [0.05, 0.1) is 12.5 Å². The highest BCUT2D eigenvalue weighted by molar-refractivity contribution is 5.86. The number of amides is 2. The minimum absolute atomic E-state index is 0.0571. The third-order valence-electron chi connectivity index (χ3n) is 4.19. The Morgan fingerprint density at radius 3 is 2.94 bits per heavy atom. The van der Waals surface area contributed by atoms with Gasteiger partial charge in [0.1, 0.15) is 0 Å². The number of hydrogen-bond acceptors (Lipinski definition) is 3. The molecule has 0 aromatic carbocycles. The van der Waals surface area contributed by atoms with Crippen LogP contribution in [-0.2, 0) is 9.59 Å². The number of carbonyl (C=O) groups excluding carboxylic acids is 2. The summed E-state index contributed by atoms with van der Waals surface area (Å²) in [5, 5.41) is 2.79. The highest BCUT2D eigenvalue weighted by Gasteiger charge is 2.35. The molecule has 1 aliphatic heterocycles. The van der Waals surface area contributed by atoms with Crippen molar-refractivity contribution in [2.45, 2.75) is 38.6 Å². The smallest absolute Gasteiger partial charge is 0.239 e. The van der Waals surface area contributed by atoms with E-state index in [9.17, 15) is 9.59 Å². The molecule has 3 N–H and O–H groups in total. The second-order valence-corrected chi connectivity index (χ2v) is 5.56. The molecular formula is C13H23N3O2. The van der Waals surface area contributed by atoms with E-state index < -0.39 is 0 Å². The van der Waals surface area contributed by atoms with Crippen molar-refractivity contribution in [3.63, 3.8) is 0 Å². The Morgan fingerprint density at radius 1 is 1.39 bits per heavy atom. The maximum atomic E-state index is 12.5. The van der Waals surface area contributed by atoms with Crippen LogP contribution in [0.1, 0.15) is 32.6 Å². The lowest BCUT2D eigenvalue weighted by Crippen LogP contribution is -2.50. The van der Waals surface area contributed by atoms with Gasteiger partial charge in [0, 0.05) is 19.1 Å². The largest absolute Gasteiger partial charge is 0.354 e. The van der Waals surface area contributed by atoms with Crippen molar-refractivity contribution in [1.29, 1.82) is 0 Å². The molecule has 102 valence electrons. The summed E-state index contributed by atoms with van der Waals surface area (Å²) in [6.07, 6.45) is 3.86. The summed E-state index contributed by atoms with van der Waals surface area (Å²) in [6, 6.07) is -0.0578. The van der Waals surface area contributed by atoms with Crippen LogP contribution in [0.15, 0.2) is 0 Å². The van der Waals surface area contributed by atoms with E-state index in [0.29, 0.717) is 19.0 Å². The number of hydrogen-bond donors (Lipinski definition) is 2. The second-order valence-electron chi connectivity index (χ2n) is 5.56. The predicted molar refractivity (Wildman–Crippen MR) is 68.7 cm³/mol. The predicted octanol–water partition coefficient (Wildman–Crippen LogP) is 0.0984. The van der Waals surface area contributed by atoms with Gasteiger partial charge in [-0.1, -0.05) is 13.3 Å². The van der Waals surface area contributed by atoms with Gasteiger partial charge in [0.25, 0.3) is 0 Å². The lowest BCUT2D eigenvalue weighted by Gasteiger charge is -2.35. The first-order chi connectivity index (χ1) is 8.59. The zero-order valence-electron chi connectivity index (χ0n) is 11.0. The summed E-state index contributed by atoms with van der Waals surface area (Å²) in [5.74, 6) is 0.317. The van der Waals surface area contributed by atoms with Crippen molar-refractivity contribution < 1.29 is 9.59 Å². The third-order valence-corrected chi connectivity index (χ3v) is 4.19. The first-order valence-corrected chi connectivity index (χ1v) is 6.90. The summed E-state index contributed by atoms with van der Waals surface area (Å²) in [5.41, 5.74) is 6.16. The minimum Gasteiger partial charge on any atom is -0.354 e. The van der Waals surface area contributed by atoms with Crippen molar-refractivity contribution >= 4 is 11.8 Å².